The number of hydrogen-bond donors (Lipinski definition) is 1. The van der Waals surface area contributed by atoms with Gasteiger partial charge in [0, 0.05) is 23.2 Å². The van der Waals surface area contributed by atoms with Crippen molar-refractivity contribution in [2.45, 2.75) is 33.2 Å². The molecule has 0 unspecified atom stereocenters. The highest BCUT2D eigenvalue weighted by atomic mass is 16.6. The molecule has 4 rings (SSSR count). The number of aromatic nitrogens is 4. The molecule has 168 valence electrons. The first-order valence-corrected chi connectivity index (χ1v) is 10.4. The molecule has 2 aromatic heterocycles. The number of nitro groups is 1. The minimum Gasteiger partial charge on any atom is -0.324 e. The molecule has 0 fully saturated rings. The Balaban J connectivity index is 1.73. The summed E-state index contributed by atoms with van der Waals surface area (Å²) >= 11 is 0. The fourth-order valence-corrected chi connectivity index (χ4v) is 3.61. The molecule has 0 saturated carbocycles. The van der Waals surface area contributed by atoms with Gasteiger partial charge in [0.05, 0.1) is 22.5 Å². The molecule has 0 aliphatic rings. The molecule has 0 bridgehead atoms. The zero-order valence-electron chi connectivity index (χ0n) is 18.3. The second kappa shape index (κ2) is 8.65. The smallest absolute Gasteiger partial charge is 0.293 e. The van der Waals surface area contributed by atoms with Gasteiger partial charge in [-0.05, 0) is 36.6 Å². The molecule has 0 spiro atoms. The standard InChI is InChI=1S/C23H22N6O4/c1-14(2)21-18-12-24-28(19-7-5-4-6-15(19)3)22(18)23(31)27(26-21)13-20(30)25-16-8-10-17(11-9-16)29(32)33/h4-12,14H,13H2,1-3H3,(H,25,30). The first-order chi connectivity index (χ1) is 15.8. The highest BCUT2D eigenvalue weighted by molar-refractivity contribution is 5.91. The lowest BCUT2D eigenvalue weighted by Crippen LogP contribution is -2.31. The molecule has 1 amide bonds. The summed E-state index contributed by atoms with van der Waals surface area (Å²) in [5.74, 6) is -0.485. The van der Waals surface area contributed by atoms with Crippen molar-refractivity contribution in [3.05, 3.63) is 86.5 Å². The number of para-hydroxylation sites is 1. The predicted octanol–water partition coefficient (Wildman–Crippen LogP) is 3.56. The Bertz CT molecular complexity index is 1420. The third-order valence-corrected chi connectivity index (χ3v) is 5.26. The maximum atomic E-state index is 13.4. The van der Waals surface area contributed by atoms with E-state index in [0.29, 0.717) is 22.3 Å². The van der Waals surface area contributed by atoms with Crippen LogP contribution in [0.4, 0.5) is 11.4 Å². The molecule has 2 aromatic carbocycles. The maximum absolute atomic E-state index is 13.4. The Kier molecular flexibility index (Phi) is 5.74. The van der Waals surface area contributed by atoms with E-state index in [1.54, 1.807) is 10.9 Å². The van der Waals surface area contributed by atoms with Gasteiger partial charge < -0.3 is 5.32 Å². The minimum absolute atomic E-state index is 0.00777. The number of nitrogens with zero attached hydrogens (tertiary/aromatic N) is 5. The molecule has 10 heteroatoms. The predicted molar refractivity (Wildman–Crippen MR) is 124 cm³/mol. The van der Waals surface area contributed by atoms with E-state index in [-0.39, 0.29) is 18.2 Å². The average Bonchev–Trinajstić information content (AvgIpc) is 3.21. The number of aryl methyl sites for hydroxylation is 1. The van der Waals surface area contributed by atoms with Gasteiger partial charge in [-0.25, -0.2) is 9.36 Å². The average molecular weight is 446 g/mol. The Morgan fingerprint density at radius 3 is 2.48 bits per heavy atom. The number of hydrogen-bond acceptors (Lipinski definition) is 6. The van der Waals surface area contributed by atoms with E-state index in [2.05, 4.69) is 15.5 Å². The first-order valence-electron chi connectivity index (χ1n) is 10.4. The third kappa shape index (κ3) is 4.22. The molecule has 10 nitrogen and oxygen atoms in total. The fourth-order valence-electron chi connectivity index (χ4n) is 3.61. The van der Waals surface area contributed by atoms with Crippen molar-refractivity contribution in [1.29, 1.82) is 0 Å². The summed E-state index contributed by atoms with van der Waals surface area (Å²) in [6.45, 7) is 5.53. The van der Waals surface area contributed by atoms with Crippen LogP contribution >= 0.6 is 0 Å². The molecule has 2 heterocycles. The number of fused-ring (bicyclic) bond motifs is 1. The van der Waals surface area contributed by atoms with Crippen LogP contribution in [0.15, 0.2) is 59.5 Å². The minimum atomic E-state index is -0.519. The number of carbonyl (C=O) groups excluding carboxylic acids is 1. The Hall–Kier alpha value is -4.34. The van der Waals surface area contributed by atoms with Crippen LogP contribution in [0.2, 0.25) is 0 Å². The molecule has 33 heavy (non-hydrogen) atoms. The van der Waals surface area contributed by atoms with E-state index < -0.39 is 16.4 Å². The van der Waals surface area contributed by atoms with Crippen LogP contribution in [-0.4, -0.2) is 30.4 Å². The number of carbonyl (C=O) groups is 1. The van der Waals surface area contributed by atoms with Crippen molar-refractivity contribution in [2.24, 2.45) is 0 Å². The van der Waals surface area contributed by atoms with E-state index in [1.807, 2.05) is 45.0 Å². The number of anilines is 1. The van der Waals surface area contributed by atoms with Crippen molar-refractivity contribution in [1.82, 2.24) is 19.6 Å². The zero-order valence-corrected chi connectivity index (χ0v) is 18.3. The van der Waals surface area contributed by atoms with E-state index in [1.165, 1.54) is 24.3 Å². The van der Waals surface area contributed by atoms with Crippen LogP contribution in [0.1, 0.15) is 31.0 Å². The number of amides is 1. The number of nitrogens with one attached hydrogen (secondary N) is 1. The second-order valence-electron chi connectivity index (χ2n) is 7.96. The first kappa shape index (κ1) is 21.9. The van der Waals surface area contributed by atoms with E-state index in [0.717, 1.165) is 15.9 Å². The summed E-state index contributed by atoms with van der Waals surface area (Å²) in [6, 6.07) is 13.0. The summed E-state index contributed by atoms with van der Waals surface area (Å²) in [5.41, 5.74) is 2.60. The summed E-state index contributed by atoms with van der Waals surface area (Å²) in [6.07, 6.45) is 1.63. The van der Waals surface area contributed by atoms with Crippen LogP contribution in [0, 0.1) is 17.0 Å². The van der Waals surface area contributed by atoms with Gasteiger partial charge >= 0.3 is 0 Å². The molecule has 1 N–H and O–H groups in total. The van der Waals surface area contributed by atoms with Crippen molar-refractivity contribution in [3.63, 3.8) is 0 Å². The maximum Gasteiger partial charge on any atom is 0.293 e. The number of non-ortho nitro benzene ring substituents is 1. The highest BCUT2D eigenvalue weighted by Gasteiger charge is 2.20. The molecule has 4 aromatic rings. The molecule has 0 aliphatic carbocycles. The fraction of sp³-hybridized carbons (Fsp3) is 0.217. The van der Waals surface area contributed by atoms with Gasteiger partial charge in [-0.1, -0.05) is 32.0 Å². The SMILES string of the molecule is Cc1ccccc1-n1ncc2c(C(C)C)nn(CC(=O)Nc3ccc([N+](=O)[O-])cc3)c(=O)c21. The molecule has 0 saturated heterocycles. The van der Waals surface area contributed by atoms with Crippen molar-refractivity contribution < 1.29 is 9.72 Å². The van der Waals surface area contributed by atoms with Crippen LogP contribution in [0.3, 0.4) is 0 Å². The summed E-state index contributed by atoms with van der Waals surface area (Å²) < 4.78 is 2.72. The van der Waals surface area contributed by atoms with E-state index in [9.17, 15) is 19.7 Å². The third-order valence-electron chi connectivity index (χ3n) is 5.26. The van der Waals surface area contributed by atoms with E-state index in [4.69, 9.17) is 0 Å². The van der Waals surface area contributed by atoms with Crippen molar-refractivity contribution in [3.8, 4) is 5.69 Å². The molecule has 0 radical (unpaired) electrons. The largest absolute Gasteiger partial charge is 0.324 e. The van der Waals surface area contributed by atoms with Gasteiger partial charge in [-0.2, -0.15) is 10.2 Å². The lowest BCUT2D eigenvalue weighted by molar-refractivity contribution is -0.384. The van der Waals surface area contributed by atoms with Crippen LogP contribution in [0.5, 0.6) is 0 Å². The quantitative estimate of drug-likeness (QED) is 0.357. The Labute approximate surface area is 188 Å². The summed E-state index contributed by atoms with van der Waals surface area (Å²) in [5, 5.41) is 23.0. The van der Waals surface area contributed by atoms with Gasteiger partial charge in [-0.15, -0.1) is 0 Å². The van der Waals surface area contributed by atoms with Crippen LogP contribution in [0.25, 0.3) is 16.6 Å². The molecular formula is C23H22N6O4. The molecular weight excluding hydrogens is 424 g/mol. The van der Waals surface area contributed by atoms with Gasteiger partial charge in [0.2, 0.25) is 5.91 Å². The van der Waals surface area contributed by atoms with Gasteiger partial charge in [0.1, 0.15) is 12.1 Å². The molecule has 0 atom stereocenters. The van der Waals surface area contributed by atoms with Gasteiger partial charge in [0.15, 0.2) is 0 Å². The Morgan fingerprint density at radius 1 is 1.15 bits per heavy atom. The normalized spacial score (nSPS) is 11.2. The van der Waals surface area contributed by atoms with Crippen LogP contribution < -0.4 is 10.9 Å². The second-order valence-corrected chi connectivity index (χ2v) is 7.96. The van der Waals surface area contributed by atoms with Crippen molar-refractivity contribution in [2.75, 3.05) is 5.32 Å². The zero-order chi connectivity index (χ0) is 23.7. The number of benzene rings is 2. The van der Waals surface area contributed by atoms with E-state index >= 15 is 0 Å². The topological polar surface area (TPSA) is 125 Å². The number of rotatable bonds is 6. The Morgan fingerprint density at radius 2 is 1.85 bits per heavy atom. The van der Waals surface area contributed by atoms with Crippen molar-refractivity contribution >= 4 is 28.2 Å². The molecule has 0 aliphatic heterocycles. The highest BCUT2D eigenvalue weighted by Crippen LogP contribution is 2.24. The lowest BCUT2D eigenvalue weighted by Gasteiger charge is -2.13. The van der Waals surface area contributed by atoms with Crippen LogP contribution in [-0.2, 0) is 11.3 Å². The summed E-state index contributed by atoms with van der Waals surface area (Å²) in [4.78, 5) is 36.3. The summed E-state index contributed by atoms with van der Waals surface area (Å²) in [7, 11) is 0. The van der Waals surface area contributed by atoms with Gasteiger partial charge in [0.25, 0.3) is 11.2 Å². The van der Waals surface area contributed by atoms with Gasteiger partial charge in [-0.3, -0.25) is 19.7 Å². The monoisotopic (exact) mass is 446 g/mol. The lowest BCUT2D eigenvalue weighted by atomic mass is 10.1. The number of nitro benzene ring substituents is 1.